The van der Waals surface area contributed by atoms with Gasteiger partial charge in [-0.2, -0.15) is 4.31 Å². The van der Waals surface area contributed by atoms with Crippen LogP contribution in [0.1, 0.15) is 39.0 Å². The van der Waals surface area contributed by atoms with Crippen LogP contribution in [0.15, 0.2) is 0 Å². The van der Waals surface area contributed by atoms with Crippen LogP contribution < -0.4 is 11.1 Å². The minimum atomic E-state index is -3.30. The van der Waals surface area contributed by atoms with Crippen molar-refractivity contribution < 1.29 is 13.2 Å². The second-order valence-corrected chi connectivity index (χ2v) is 6.91. The van der Waals surface area contributed by atoms with E-state index in [2.05, 4.69) is 5.32 Å². The third-order valence-electron chi connectivity index (χ3n) is 3.30. The Morgan fingerprint density at radius 1 is 1.40 bits per heavy atom. The van der Waals surface area contributed by atoms with Gasteiger partial charge in [-0.1, -0.05) is 13.3 Å². The zero-order valence-corrected chi connectivity index (χ0v) is 13.6. The Balaban J connectivity index is 0.00000361. The van der Waals surface area contributed by atoms with Crippen molar-refractivity contribution in [3.05, 3.63) is 0 Å². The summed E-state index contributed by atoms with van der Waals surface area (Å²) in [7, 11) is -3.30. The molecule has 0 aliphatic carbocycles. The Morgan fingerprint density at radius 3 is 2.70 bits per heavy atom. The summed E-state index contributed by atoms with van der Waals surface area (Å²) in [4.78, 5) is 12.0. The average molecular weight is 328 g/mol. The number of unbranched alkanes of at least 4 members (excludes halogenated alkanes) is 1. The lowest BCUT2D eigenvalue weighted by molar-refractivity contribution is -0.124. The third kappa shape index (κ3) is 5.55. The summed E-state index contributed by atoms with van der Waals surface area (Å²) in [5, 5.41) is 2.76. The van der Waals surface area contributed by atoms with E-state index in [4.69, 9.17) is 5.73 Å². The van der Waals surface area contributed by atoms with Gasteiger partial charge in [-0.05, 0) is 32.2 Å². The van der Waals surface area contributed by atoms with Gasteiger partial charge in [0, 0.05) is 13.1 Å². The van der Waals surface area contributed by atoms with E-state index < -0.39 is 16.1 Å². The summed E-state index contributed by atoms with van der Waals surface area (Å²) in [6, 6.07) is -0.528. The van der Waals surface area contributed by atoms with Crippen molar-refractivity contribution >= 4 is 28.3 Å². The van der Waals surface area contributed by atoms with Crippen LogP contribution in [0, 0.1) is 0 Å². The summed E-state index contributed by atoms with van der Waals surface area (Å²) >= 11 is 0. The van der Waals surface area contributed by atoms with Gasteiger partial charge in [-0.25, -0.2) is 8.42 Å². The third-order valence-corrected chi connectivity index (χ3v) is 5.26. The maximum Gasteiger partial charge on any atom is 0.238 e. The lowest BCUT2D eigenvalue weighted by atomic mass is 10.2. The molecule has 0 radical (unpaired) electrons. The standard InChI is InChI=1S/C12H25N3O3S.ClH/c1-2-3-10-19(17,18)15-9-4-6-11(15)12(16)14-8-5-7-13;/h11H,2-10,13H2,1H3,(H,14,16);1H. The fourth-order valence-corrected chi connectivity index (χ4v) is 4.09. The fourth-order valence-electron chi connectivity index (χ4n) is 2.21. The molecule has 0 aromatic rings. The zero-order chi connectivity index (χ0) is 14.3. The number of amides is 1. The fraction of sp³-hybridized carbons (Fsp3) is 0.917. The summed E-state index contributed by atoms with van der Waals surface area (Å²) < 4.78 is 25.7. The molecule has 6 nitrogen and oxygen atoms in total. The summed E-state index contributed by atoms with van der Waals surface area (Å²) in [5.41, 5.74) is 5.36. The van der Waals surface area contributed by atoms with Gasteiger partial charge in [-0.3, -0.25) is 4.79 Å². The number of nitrogens with zero attached hydrogens (tertiary/aromatic N) is 1. The SMILES string of the molecule is CCCCS(=O)(=O)N1CCCC1C(=O)NCCCN.Cl. The molecule has 1 fully saturated rings. The molecule has 1 amide bonds. The van der Waals surface area contributed by atoms with E-state index in [9.17, 15) is 13.2 Å². The molecule has 3 N–H and O–H groups in total. The highest BCUT2D eigenvalue weighted by Crippen LogP contribution is 2.22. The lowest BCUT2D eigenvalue weighted by Crippen LogP contribution is -2.46. The molecule has 8 heteroatoms. The Hall–Kier alpha value is -0.370. The van der Waals surface area contributed by atoms with E-state index >= 15 is 0 Å². The highest BCUT2D eigenvalue weighted by molar-refractivity contribution is 7.89. The first-order chi connectivity index (χ1) is 9.03. The second-order valence-electron chi connectivity index (χ2n) is 4.87. The summed E-state index contributed by atoms with van der Waals surface area (Å²) in [6.07, 6.45) is 3.54. The number of halogens is 1. The maximum atomic E-state index is 12.2. The predicted molar refractivity (Wildman–Crippen MR) is 82.4 cm³/mol. The minimum Gasteiger partial charge on any atom is -0.355 e. The number of hydrogen-bond acceptors (Lipinski definition) is 4. The summed E-state index contributed by atoms with van der Waals surface area (Å²) in [6.45, 7) is 3.44. The lowest BCUT2D eigenvalue weighted by Gasteiger charge is -2.23. The van der Waals surface area contributed by atoms with Crippen LogP contribution in [0.2, 0.25) is 0 Å². The Morgan fingerprint density at radius 2 is 2.10 bits per heavy atom. The van der Waals surface area contributed by atoms with Crippen molar-refractivity contribution in [2.45, 2.75) is 45.1 Å². The molecule has 0 spiro atoms. The zero-order valence-electron chi connectivity index (χ0n) is 12.0. The molecule has 1 aliphatic heterocycles. The monoisotopic (exact) mass is 327 g/mol. The second kappa shape index (κ2) is 9.55. The van der Waals surface area contributed by atoms with Crippen molar-refractivity contribution in [2.75, 3.05) is 25.4 Å². The van der Waals surface area contributed by atoms with Gasteiger partial charge in [-0.15, -0.1) is 12.4 Å². The van der Waals surface area contributed by atoms with E-state index in [0.717, 1.165) is 12.8 Å². The molecule has 1 unspecified atom stereocenters. The van der Waals surface area contributed by atoms with E-state index in [0.29, 0.717) is 38.9 Å². The average Bonchev–Trinajstić information content (AvgIpc) is 2.86. The number of carbonyl (C=O) groups is 1. The number of carbonyl (C=O) groups excluding carboxylic acids is 1. The highest BCUT2D eigenvalue weighted by atomic mass is 35.5. The van der Waals surface area contributed by atoms with Crippen molar-refractivity contribution in [1.82, 2.24) is 9.62 Å². The number of rotatable bonds is 8. The Labute approximate surface area is 127 Å². The van der Waals surface area contributed by atoms with Gasteiger partial charge in [0.15, 0.2) is 0 Å². The van der Waals surface area contributed by atoms with Crippen molar-refractivity contribution in [1.29, 1.82) is 0 Å². The molecule has 0 bridgehead atoms. The molecule has 1 saturated heterocycles. The molecule has 0 aromatic heterocycles. The first-order valence-electron chi connectivity index (χ1n) is 7.00. The number of hydrogen-bond donors (Lipinski definition) is 2. The van der Waals surface area contributed by atoms with Gasteiger partial charge in [0.05, 0.1) is 5.75 Å². The van der Waals surface area contributed by atoms with Crippen LogP contribution in [-0.2, 0) is 14.8 Å². The van der Waals surface area contributed by atoms with Gasteiger partial charge >= 0.3 is 0 Å². The molecule has 20 heavy (non-hydrogen) atoms. The van der Waals surface area contributed by atoms with E-state index in [1.54, 1.807) is 0 Å². The van der Waals surface area contributed by atoms with Crippen LogP contribution in [0.25, 0.3) is 0 Å². The minimum absolute atomic E-state index is 0. The molecular weight excluding hydrogens is 302 g/mol. The van der Waals surface area contributed by atoms with Gasteiger partial charge in [0.2, 0.25) is 15.9 Å². The first-order valence-corrected chi connectivity index (χ1v) is 8.61. The van der Waals surface area contributed by atoms with Gasteiger partial charge in [0.25, 0.3) is 0 Å². The van der Waals surface area contributed by atoms with Crippen LogP contribution in [0.3, 0.4) is 0 Å². The topological polar surface area (TPSA) is 92.5 Å². The summed E-state index contributed by atoms with van der Waals surface area (Å²) in [5.74, 6) is -0.0539. The van der Waals surface area contributed by atoms with Crippen LogP contribution >= 0.6 is 12.4 Å². The van der Waals surface area contributed by atoms with Gasteiger partial charge < -0.3 is 11.1 Å². The Kier molecular flexibility index (Phi) is 9.37. The Bertz CT molecular complexity index is 389. The normalized spacial score (nSPS) is 19.6. The number of nitrogens with two attached hydrogens (primary N) is 1. The van der Waals surface area contributed by atoms with Crippen molar-refractivity contribution in [3.8, 4) is 0 Å². The van der Waals surface area contributed by atoms with E-state index in [1.807, 2.05) is 6.92 Å². The molecule has 0 aromatic carbocycles. The molecule has 1 rings (SSSR count). The van der Waals surface area contributed by atoms with Gasteiger partial charge in [0.1, 0.15) is 6.04 Å². The maximum absolute atomic E-state index is 12.2. The van der Waals surface area contributed by atoms with Crippen LogP contribution in [-0.4, -0.2) is 50.1 Å². The van der Waals surface area contributed by atoms with Crippen molar-refractivity contribution in [2.24, 2.45) is 5.73 Å². The number of sulfonamides is 1. The highest BCUT2D eigenvalue weighted by Gasteiger charge is 2.37. The van der Waals surface area contributed by atoms with Crippen LogP contribution in [0.4, 0.5) is 0 Å². The molecule has 120 valence electrons. The van der Waals surface area contributed by atoms with Crippen molar-refractivity contribution in [3.63, 3.8) is 0 Å². The first kappa shape index (κ1) is 19.6. The van der Waals surface area contributed by atoms with E-state index in [-0.39, 0.29) is 24.1 Å². The van der Waals surface area contributed by atoms with Crippen LogP contribution in [0.5, 0.6) is 0 Å². The smallest absolute Gasteiger partial charge is 0.238 e. The quantitative estimate of drug-likeness (QED) is 0.634. The molecule has 1 atom stereocenters. The molecule has 1 aliphatic rings. The largest absolute Gasteiger partial charge is 0.355 e. The number of nitrogens with one attached hydrogen (secondary N) is 1. The predicted octanol–water partition coefficient (Wildman–Crippen LogP) is 0.468. The molecule has 1 heterocycles. The molecular formula is C12H26ClN3O3S. The van der Waals surface area contributed by atoms with E-state index in [1.165, 1.54) is 4.31 Å². The molecule has 0 saturated carbocycles.